The van der Waals surface area contributed by atoms with E-state index in [0.717, 1.165) is 24.2 Å². The van der Waals surface area contributed by atoms with Crippen molar-refractivity contribution in [1.82, 2.24) is 10.2 Å². The molecule has 0 aromatic heterocycles. The summed E-state index contributed by atoms with van der Waals surface area (Å²) in [5, 5.41) is 3.18. The molecule has 2 heterocycles. The minimum Gasteiger partial charge on any atom is -0.493 e. The van der Waals surface area contributed by atoms with Crippen molar-refractivity contribution < 1.29 is 14.3 Å². The van der Waals surface area contributed by atoms with E-state index in [0.29, 0.717) is 19.7 Å². The van der Waals surface area contributed by atoms with Gasteiger partial charge in [0.05, 0.1) is 24.9 Å². The quantitative estimate of drug-likeness (QED) is 0.868. The highest BCUT2D eigenvalue weighted by Gasteiger charge is 2.28. The second-order valence-corrected chi connectivity index (χ2v) is 6.19. The Kier molecular flexibility index (Phi) is 4.52. The Bertz CT molecular complexity index is 524. The lowest BCUT2D eigenvalue weighted by Gasteiger charge is -2.36. The summed E-state index contributed by atoms with van der Waals surface area (Å²) in [7, 11) is 0. The number of amides is 2. The smallest absolute Gasteiger partial charge is 0.318 e. The van der Waals surface area contributed by atoms with Gasteiger partial charge in [-0.2, -0.15) is 0 Å². The van der Waals surface area contributed by atoms with Crippen LogP contribution in [0, 0.1) is 0 Å². The van der Waals surface area contributed by atoms with E-state index >= 15 is 0 Å². The van der Waals surface area contributed by atoms with Gasteiger partial charge in [0.1, 0.15) is 5.75 Å². The van der Waals surface area contributed by atoms with Crippen molar-refractivity contribution in [3.8, 4) is 5.75 Å². The zero-order valence-electron chi connectivity index (χ0n) is 13.2. The Hall–Kier alpha value is -1.75. The Morgan fingerprint density at radius 3 is 2.73 bits per heavy atom. The van der Waals surface area contributed by atoms with E-state index < -0.39 is 0 Å². The lowest BCUT2D eigenvalue weighted by atomic mass is 10.0. The van der Waals surface area contributed by atoms with Gasteiger partial charge >= 0.3 is 6.03 Å². The van der Waals surface area contributed by atoms with Crippen LogP contribution in [0.15, 0.2) is 24.3 Å². The average Bonchev–Trinajstić information content (AvgIpc) is 2.69. The van der Waals surface area contributed by atoms with Gasteiger partial charge in [-0.3, -0.25) is 0 Å². The second-order valence-electron chi connectivity index (χ2n) is 6.19. The van der Waals surface area contributed by atoms with Gasteiger partial charge in [-0.05, 0) is 32.8 Å². The van der Waals surface area contributed by atoms with E-state index in [1.807, 2.05) is 43.0 Å². The van der Waals surface area contributed by atoms with Gasteiger partial charge in [-0.25, -0.2) is 4.79 Å². The summed E-state index contributed by atoms with van der Waals surface area (Å²) in [4.78, 5) is 14.5. The number of rotatable bonds is 1. The van der Waals surface area contributed by atoms with Gasteiger partial charge < -0.3 is 19.7 Å². The molecule has 0 radical (unpaired) electrons. The van der Waals surface area contributed by atoms with Crippen molar-refractivity contribution >= 4 is 6.03 Å². The van der Waals surface area contributed by atoms with Crippen molar-refractivity contribution in [3.05, 3.63) is 29.8 Å². The number of ether oxygens (including phenoxy) is 2. The Labute approximate surface area is 131 Å². The monoisotopic (exact) mass is 304 g/mol. The van der Waals surface area contributed by atoms with E-state index in [9.17, 15) is 4.79 Å². The van der Waals surface area contributed by atoms with Crippen molar-refractivity contribution in [1.29, 1.82) is 0 Å². The molecule has 2 aliphatic heterocycles. The fourth-order valence-corrected chi connectivity index (χ4v) is 3.26. The summed E-state index contributed by atoms with van der Waals surface area (Å²) in [6, 6.07) is 7.97. The van der Waals surface area contributed by atoms with Crippen LogP contribution in [0.2, 0.25) is 0 Å². The van der Waals surface area contributed by atoms with E-state index in [2.05, 4.69) is 5.32 Å². The largest absolute Gasteiger partial charge is 0.493 e. The molecule has 1 aromatic carbocycles. The number of benzene rings is 1. The molecule has 1 saturated heterocycles. The molecule has 0 spiro atoms. The minimum atomic E-state index is -0.0105. The zero-order chi connectivity index (χ0) is 15.5. The van der Waals surface area contributed by atoms with Crippen LogP contribution in [0.4, 0.5) is 4.79 Å². The molecule has 0 bridgehead atoms. The maximum Gasteiger partial charge on any atom is 0.318 e. The lowest BCUT2D eigenvalue weighted by molar-refractivity contribution is -0.0548. The van der Waals surface area contributed by atoms with Crippen molar-refractivity contribution in [2.45, 2.75) is 44.9 Å². The first-order valence-corrected chi connectivity index (χ1v) is 8.06. The van der Waals surface area contributed by atoms with E-state index in [1.165, 1.54) is 0 Å². The first-order valence-electron chi connectivity index (χ1n) is 8.06. The number of carbonyl (C=O) groups excluding carboxylic acids is 1. The van der Waals surface area contributed by atoms with Crippen molar-refractivity contribution in [2.75, 3.05) is 19.7 Å². The number of urea groups is 1. The summed E-state index contributed by atoms with van der Waals surface area (Å²) in [5.41, 5.74) is 1.07. The molecule has 0 aliphatic carbocycles. The zero-order valence-corrected chi connectivity index (χ0v) is 13.2. The molecule has 0 saturated carbocycles. The van der Waals surface area contributed by atoms with Crippen molar-refractivity contribution in [3.63, 3.8) is 0 Å². The average molecular weight is 304 g/mol. The normalized spacial score (nSPS) is 28.3. The maximum atomic E-state index is 12.6. The third-order valence-corrected chi connectivity index (χ3v) is 4.19. The number of nitrogens with zero attached hydrogens (tertiary/aromatic N) is 1. The molecule has 2 amide bonds. The first kappa shape index (κ1) is 15.2. The summed E-state index contributed by atoms with van der Waals surface area (Å²) >= 11 is 0. The third kappa shape index (κ3) is 3.35. The van der Waals surface area contributed by atoms with E-state index in [1.54, 1.807) is 0 Å². The molecule has 1 aromatic rings. The number of para-hydroxylation sites is 1. The van der Waals surface area contributed by atoms with Crippen LogP contribution in [0.5, 0.6) is 5.75 Å². The van der Waals surface area contributed by atoms with Crippen LogP contribution in [0.1, 0.15) is 38.3 Å². The summed E-state index contributed by atoms with van der Waals surface area (Å²) in [6.07, 6.45) is 2.01. The predicted molar refractivity (Wildman–Crippen MR) is 84.0 cm³/mol. The molecule has 2 aliphatic rings. The van der Waals surface area contributed by atoms with Crippen LogP contribution < -0.4 is 10.1 Å². The number of nitrogens with one attached hydrogen (secondary N) is 1. The summed E-state index contributed by atoms with van der Waals surface area (Å²) in [6.45, 7) is 5.99. The van der Waals surface area contributed by atoms with Gasteiger partial charge in [0.25, 0.3) is 0 Å². The number of fused-ring (bicyclic) bond motifs is 1. The SMILES string of the molecule is CC1CN(C(=O)NC2CCCOc3ccccc32)CC(C)O1. The third-order valence-electron chi connectivity index (χ3n) is 4.19. The standard InChI is InChI=1S/C17H24N2O3/c1-12-10-19(11-13(2)22-12)17(20)18-15-7-5-9-21-16-8-4-3-6-14(15)16/h3-4,6,8,12-13,15H,5,7,9-11H2,1-2H3,(H,18,20). The Morgan fingerprint density at radius 2 is 1.95 bits per heavy atom. The molecular weight excluding hydrogens is 280 g/mol. The first-order chi connectivity index (χ1) is 10.6. The van der Waals surface area contributed by atoms with Crippen LogP contribution in [-0.4, -0.2) is 42.8 Å². The molecule has 5 heteroatoms. The van der Waals surface area contributed by atoms with Crippen LogP contribution in [0.25, 0.3) is 0 Å². The highest BCUT2D eigenvalue weighted by Crippen LogP contribution is 2.31. The van der Waals surface area contributed by atoms with Gasteiger partial charge in [-0.1, -0.05) is 18.2 Å². The van der Waals surface area contributed by atoms with Gasteiger partial charge in [0.15, 0.2) is 0 Å². The molecular formula is C17H24N2O3. The molecule has 3 unspecified atom stereocenters. The lowest BCUT2D eigenvalue weighted by Crippen LogP contribution is -2.52. The highest BCUT2D eigenvalue weighted by molar-refractivity contribution is 5.75. The van der Waals surface area contributed by atoms with Gasteiger partial charge in [0, 0.05) is 18.7 Å². The number of carbonyl (C=O) groups is 1. The van der Waals surface area contributed by atoms with Crippen LogP contribution in [-0.2, 0) is 4.74 Å². The molecule has 1 N–H and O–H groups in total. The molecule has 5 nitrogen and oxygen atoms in total. The van der Waals surface area contributed by atoms with Gasteiger partial charge in [0.2, 0.25) is 0 Å². The molecule has 120 valence electrons. The van der Waals surface area contributed by atoms with Crippen LogP contribution >= 0.6 is 0 Å². The summed E-state index contributed by atoms with van der Waals surface area (Å²) < 4.78 is 11.4. The maximum absolute atomic E-state index is 12.6. The molecule has 3 atom stereocenters. The molecule has 22 heavy (non-hydrogen) atoms. The number of morpholine rings is 1. The minimum absolute atomic E-state index is 0.0105. The second kappa shape index (κ2) is 6.57. The number of hydrogen-bond acceptors (Lipinski definition) is 3. The number of hydrogen-bond donors (Lipinski definition) is 1. The molecule has 3 rings (SSSR count). The van der Waals surface area contributed by atoms with Gasteiger partial charge in [-0.15, -0.1) is 0 Å². The fraction of sp³-hybridized carbons (Fsp3) is 0.588. The van der Waals surface area contributed by atoms with E-state index in [-0.39, 0.29) is 24.3 Å². The summed E-state index contributed by atoms with van der Waals surface area (Å²) in [5.74, 6) is 0.883. The fourth-order valence-electron chi connectivity index (χ4n) is 3.26. The predicted octanol–water partition coefficient (Wildman–Crippen LogP) is 2.72. The highest BCUT2D eigenvalue weighted by atomic mass is 16.5. The van der Waals surface area contributed by atoms with Crippen LogP contribution in [0.3, 0.4) is 0 Å². The van der Waals surface area contributed by atoms with Crippen molar-refractivity contribution in [2.24, 2.45) is 0 Å². The molecule has 1 fully saturated rings. The Morgan fingerprint density at radius 1 is 1.23 bits per heavy atom. The van der Waals surface area contributed by atoms with E-state index in [4.69, 9.17) is 9.47 Å². The topological polar surface area (TPSA) is 50.8 Å². The Balaban J connectivity index is 1.71.